The quantitative estimate of drug-likeness (QED) is 0.782. The molecule has 19 heavy (non-hydrogen) atoms. The van der Waals surface area contributed by atoms with E-state index in [0.29, 0.717) is 12.1 Å². The average molecular weight is 287 g/mol. The van der Waals surface area contributed by atoms with Crippen molar-refractivity contribution in [2.45, 2.75) is 53.2 Å². The highest BCUT2D eigenvalue weighted by Crippen LogP contribution is 2.17. The summed E-state index contributed by atoms with van der Waals surface area (Å²) in [6.45, 7) is 13.7. The van der Waals surface area contributed by atoms with Gasteiger partial charge in [0.15, 0.2) is 0 Å². The lowest BCUT2D eigenvalue weighted by Crippen LogP contribution is -2.41. The maximum atomic E-state index is 6.21. The van der Waals surface area contributed by atoms with Crippen LogP contribution in [0.4, 0.5) is 0 Å². The van der Waals surface area contributed by atoms with Crippen LogP contribution in [0.15, 0.2) is 0 Å². The fourth-order valence-electron chi connectivity index (χ4n) is 2.41. The highest BCUT2D eigenvalue weighted by Gasteiger charge is 2.13. The minimum absolute atomic E-state index is 0.575. The van der Waals surface area contributed by atoms with Crippen LogP contribution >= 0.6 is 11.6 Å². The van der Waals surface area contributed by atoms with Gasteiger partial charge in [0.05, 0.1) is 5.69 Å². The maximum Gasteiger partial charge on any atom is 0.131 e. The molecule has 1 aromatic rings. The Balaban J connectivity index is 2.42. The van der Waals surface area contributed by atoms with Crippen molar-refractivity contribution in [1.82, 2.24) is 20.0 Å². The summed E-state index contributed by atoms with van der Waals surface area (Å²) >= 11 is 6.21. The number of rotatable bonds is 7. The first-order valence-electron chi connectivity index (χ1n) is 6.99. The van der Waals surface area contributed by atoms with Gasteiger partial charge in [-0.25, -0.2) is 0 Å². The first-order chi connectivity index (χ1) is 8.84. The number of hydrogen-bond donors (Lipinski definition) is 1. The van der Waals surface area contributed by atoms with Crippen LogP contribution in [-0.2, 0) is 13.6 Å². The monoisotopic (exact) mass is 286 g/mol. The van der Waals surface area contributed by atoms with Crippen molar-refractivity contribution in [3.8, 4) is 0 Å². The van der Waals surface area contributed by atoms with Crippen molar-refractivity contribution in [3.05, 3.63) is 16.4 Å². The Kier molecular flexibility index (Phi) is 6.30. The van der Waals surface area contributed by atoms with E-state index in [0.717, 1.165) is 36.0 Å². The lowest BCUT2D eigenvalue weighted by molar-refractivity contribution is 0.176. The molecule has 0 saturated carbocycles. The summed E-state index contributed by atoms with van der Waals surface area (Å²) in [5.41, 5.74) is 2.11. The first kappa shape index (κ1) is 16.5. The van der Waals surface area contributed by atoms with Gasteiger partial charge in [-0.1, -0.05) is 11.6 Å². The number of aromatic nitrogens is 2. The lowest BCUT2D eigenvalue weighted by atomic mass is 10.2. The molecule has 0 bridgehead atoms. The van der Waals surface area contributed by atoms with Crippen molar-refractivity contribution in [2.24, 2.45) is 7.05 Å². The highest BCUT2D eigenvalue weighted by molar-refractivity contribution is 6.30. The van der Waals surface area contributed by atoms with Crippen LogP contribution in [-0.4, -0.2) is 39.9 Å². The van der Waals surface area contributed by atoms with Crippen molar-refractivity contribution < 1.29 is 0 Å². The first-order valence-corrected chi connectivity index (χ1v) is 7.36. The van der Waals surface area contributed by atoms with E-state index in [1.807, 2.05) is 14.0 Å². The molecule has 0 saturated heterocycles. The van der Waals surface area contributed by atoms with Gasteiger partial charge >= 0.3 is 0 Å². The predicted molar refractivity (Wildman–Crippen MR) is 81.6 cm³/mol. The standard InChI is InChI=1S/C14H27ClN4/c1-10(2)19(11(3)4)8-7-16-9-13-12(5)17-18(6)14(13)15/h10-11,16H,7-9H2,1-6H3. The summed E-state index contributed by atoms with van der Waals surface area (Å²) in [6.07, 6.45) is 0. The van der Waals surface area contributed by atoms with Gasteiger partial charge in [-0.15, -0.1) is 0 Å². The Morgan fingerprint density at radius 3 is 2.26 bits per heavy atom. The van der Waals surface area contributed by atoms with E-state index in [2.05, 4.69) is 43.0 Å². The molecular weight excluding hydrogens is 260 g/mol. The minimum Gasteiger partial charge on any atom is -0.311 e. The number of nitrogens with zero attached hydrogens (tertiary/aromatic N) is 3. The van der Waals surface area contributed by atoms with Gasteiger partial charge < -0.3 is 5.32 Å². The molecule has 0 aliphatic rings. The summed E-state index contributed by atoms with van der Waals surface area (Å²) in [7, 11) is 1.87. The molecule has 1 rings (SSSR count). The normalized spacial score (nSPS) is 12.1. The third kappa shape index (κ3) is 4.48. The molecule has 0 aromatic carbocycles. The Bertz CT molecular complexity index is 390. The van der Waals surface area contributed by atoms with Crippen molar-refractivity contribution in [3.63, 3.8) is 0 Å². The second-order valence-electron chi connectivity index (χ2n) is 5.58. The molecular formula is C14H27ClN4. The van der Waals surface area contributed by atoms with Gasteiger partial charge in [-0.2, -0.15) is 5.10 Å². The zero-order chi connectivity index (χ0) is 14.6. The van der Waals surface area contributed by atoms with E-state index in [-0.39, 0.29) is 0 Å². The minimum atomic E-state index is 0.575. The van der Waals surface area contributed by atoms with Gasteiger partial charge in [0.1, 0.15) is 5.15 Å². The largest absolute Gasteiger partial charge is 0.311 e. The summed E-state index contributed by atoms with van der Waals surface area (Å²) in [5.74, 6) is 0. The fourth-order valence-corrected chi connectivity index (χ4v) is 2.65. The van der Waals surface area contributed by atoms with E-state index < -0.39 is 0 Å². The van der Waals surface area contributed by atoms with Gasteiger partial charge in [0.2, 0.25) is 0 Å². The summed E-state index contributed by atoms with van der Waals surface area (Å²) in [6, 6.07) is 1.15. The molecule has 1 heterocycles. The van der Waals surface area contributed by atoms with Gasteiger partial charge in [0.25, 0.3) is 0 Å². The second kappa shape index (κ2) is 7.27. The lowest BCUT2D eigenvalue weighted by Gasteiger charge is -2.30. The van der Waals surface area contributed by atoms with E-state index in [1.165, 1.54) is 0 Å². The third-order valence-electron chi connectivity index (χ3n) is 3.45. The van der Waals surface area contributed by atoms with E-state index in [4.69, 9.17) is 11.6 Å². The van der Waals surface area contributed by atoms with Crippen molar-refractivity contribution >= 4 is 11.6 Å². The van der Waals surface area contributed by atoms with E-state index in [1.54, 1.807) is 4.68 Å². The number of halogens is 1. The maximum absolute atomic E-state index is 6.21. The molecule has 0 atom stereocenters. The van der Waals surface area contributed by atoms with Gasteiger partial charge in [-0.05, 0) is 34.6 Å². The Labute approximate surface area is 122 Å². The molecule has 0 unspecified atom stereocenters. The van der Waals surface area contributed by atoms with E-state index >= 15 is 0 Å². The van der Waals surface area contributed by atoms with Crippen LogP contribution in [0.3, 0.4) is 0 Å². The summed E-state index contributed by atoms with van der Waals surface area (Å²) < 4.78 is 1.72. The summed E-state index contributed by atoms with van der Waals surface area (Å²) in [5, 5.41) is 8.50. The topological polar surface area (TPSA) is 33.1 Å². The van der Waals surface area contributed by atoms with Crippen LogP contribution in [0.1, 0.15) is 39.0 Å². The highest BCUT2D eigenvalue weighted by atomic mass is 35.5. The molecule has 110 valence electrons. The molecule has 0 radical (unpaired) electrons. The SMILES string of the molecule is Cc1nn(C)c(Cl)c1CNCCN(C(C)C)C(C)C. The van der Waals surface area contributed by atoms with Crippen LogP contribution in [0.5, 0.6) is 0 Å². The van der Waals surface area contributed by atoms with Crippen LogP contribution in [0, 0.1) is 6.92 Å². The number of hydrogen-bond acceptors (Lipinski definition) is 3. The Morgan fingerprint density at radius 1 is 1.26 bits per heavy atom. The smallest absolute Gasteiger partial charge is 0.131 e. The molecule has 0 aliphatic heterocycles. The molecule has 5 heteroatoms. The predicted octanol–water partition coefficient (Wildman–Crippen LogP) is 2.59. The van der Waals surface area contributed by atoms with Crippen LogP contribution in [0.2, 0.25) is 5.15 Å². The molecule has 0 fully saturated rings. The third-order valence-corrected chi connectivity index (χ3v) is 3.92. The fraction of sp³-hybridized carbons (Fsp3) is 0.786. The van der Waals surface area contributed by atoms with E-state index in [9.17, 15) is 0 Å². The second-order valence-corrected chi connectivity index (χ2v) is 5.94. The zero-order valence-corrected chi connectivity index (χ0v) is 13.8. The molecule has 0 spiro atoms. The van der Waals surface area contributed by atoms with Crippen molar-refractivity contribution in [1.29, 1.82) is 0 Å². The molecule has 0 amide bonds. The summed E-state index contributed by atoms with van der Waals surface area (Å²) in [4.78, 5) is 2.48. The van der Waals surface area contributed by atoms with Crippen LogP contribution < -0.4 is 5.32 Å². The average Bonchev–Trinajstić information content (AvgIpc) is 2.53. The molecule has 0 aliphatic carbocycles. The molecule has 4 nitrogen and oxygen atoms in total. The molecule has 1 aromatic heterocycles. The van der Waals surface area contributed by atoms with Crippen LogP contribution in [0.25, 0.3) is 0 Å². The van der Waals surface area contributed by atoms with Crippen molar-refractivity contribution in [2.75, 3.05) is 13.1 Å². The van der Waals surface area contributed by atoms with Gasteiger partial charge in [-0.3, -0.25) is 9.58 Å². The Hall–Kier alpha value is -0.580. The Morgan fingerprint density at radius 2 is 1.84 bits per heavy atom. The molecule has 1 N–H and O–H groups in total. The number of nitrogens with one attached hydrogen (secondary N) is 1. The van der Waals surface area contributed by atoms with Gasteiger partial charge in [0, 0.05) is 44.3 Å². The zero-order valence-electron chi connectivity index (χ0n) is 13.0. The number of aryl methyl sites for hydroxylation is 2.